The van der Waals surface area contributed by atoms with Crippen LogP contribution in [-0.2, 0) is 16.8 Å². The monoisotopic (exact) mass is 289 g/mol. The fraction of sp³-hybridized carbons (Fsp3) is 0.467. The summed E-state index contributed by atoms with van der Waals surface area (Å²) in [4.78, 5) is 17.0. The number of fused-ring (bicyclic) bond motifs is 3. The number of aliphatic imine (C=N–C) groups is 1. The van der Waals surface area contributed by atoms with Crippen LogP contribution in [0.4, 0.5) is 0 Å². The second-order valence-corrected chi connectivity index (χ2v) is 6.76. The van der Waals surface area contributed by atoms with Crippen molar-refractivity contribution >= 4 is 22.8 Å². The molecule has 4 N–H and O–H groups in total. The lowest BCUT2D eigenvalue weighted by Gasteiger charge is -2.46. The summed E-state index contributed by atoms with van der Waals surface area (Å²) >= 11 is 1.44. The summed E-state index contributed by atoms with van der Waals surface area (Å²) in [6.07, 6.45) is 2.67. The van der Waals surface area contributed by atoms with Gasteiger partial charge in [-0.2, -0.15) is 0 Å². The molecular formula is C15H19N3OS. The van der Waals surface area contributed by atoms with E-state index in [0.717, 1.165) is 24.8 Å². The molecule has 20 heavy (non-hydrogen) atoms. The maximum absolute atomic E-state index is 12.3. The highest BCUT2D eigenvalue weighted by Crippen LogP contribution is 2.53. The molecule has 106 valence electrons. The van der Waals surface area contributed by atoms with Crippen LogP contribution in [-0.4, -0.2) is 16.8 Å². The lowest BCUT2D eigenvalue weighted by atomic mass is 9.66. The predicted octanol–water partition coefficient (Wildman–Crippen LogP) is 1.77. The van der Waals surface area contributed by atoms with Gasteiger partial charge >= 0.3 is 0 Å². The smallest absolute Gasteiger partial charge is 0.227 e. The van der Waals surface area contributed by atoms with Gasteiger partial charge in [0.15, 0.2) is 5.17 Å². The summed E-state index contributed by atoms with van der Waals surface area (Å²) in [7, 11) is 0. The standard InChI is InChI=1S/C15H19N3OS/c1-14-11-7-3-2-5-10(11)6-4-8-15(14,12(16)19)9-20-13(17)18-14/h2-3,5,7H,4,6,8-9H2,1H3,(H2,16,19)(H2,17,18)/t14-,15+/m0/s1. The van der Waals surface area contributed by atoms with Crippen LogP contribution in [0, 0.1) is 5.41 Å². The van der Waals surface area contributed by atoms with E-state index in [2.05, 4.69) is 17.1 Å². The van der Waals surface area contributed by atoms with E-state index < -0.39 is 11.0 Å². The van der Waals surface area contributed by atoms with E-state index in [9.17, 15) is 4.79 Å². The maximum Gasteiger partial charge on any atom is 0.227 e. The fourth-order valence-electron chi connectivity index (χ4n) is 3.56. The average molecular weight is 289 g/mol. The molecule has 1 heterocycles. The van der Waals surface area contributed by atoms with Crippen molar-refractivity contribution in [2.24, 2.45) is 21.9 Å². The van der Waals surface area contributed by atoms with E-state index >= 15 is 0 Å². The number of nitrogens with two attached hydrogens (primary N) is 2. The number of hydrogen-bond donors (Lipinski definition) is 2. The third-order valence-electron chi connectivity index (χ3n) is 4.80. The van der Waals surface area contributed by atoms with Gasteiger partial charge in [-0.1, -0.05) is 36.0 Å². The molecule has 1 aromatic rings. The van der Waals surface area contributed by atoms with Crippen LogP contribution < -0.4 is 11.5 Å². The normalized spacial score (nSPS) is 32.5. The lowest BCUT2D eigenvalue weighted by Crippen LogP contribution is -2.55. The summed E-state index contributed by atoms with van der Waals surface area (Å²) in [6, 6.07) is 8.20. The Labute approximate surface area is 123 Å². The number of amides is 1. The second kappa shape index (κ2) is 4.52. The Balaban J connectivity index is 2.30. The molecule has 5 heteroatoms. The van der Waals surface area contributed by atoms with Crippen LogP contribution in [0.3, 0.4) is 0 Å². The number of carbonyl (C=O) groups is 1. The second-order valence-electron chi connectivity index (χ2n) is 5.77. The molecule has 0 bridgehead atoms. The summed E-state index contributed by atoms with van der Waals surface area (Å²) in [6.45, 7) is 2.01. The molecule has 1 aliphatic heterocycles. The van der Waals surface area contributed by atoms with Crippen molar-refractivity contribution < 1.29 is 4.79 Å². The van der Waals surface area contributed by atoms with E-state index in [0.29, 0.717) is 10.9 Å². The van der Waals surface area contributed by atoms with E-state index in [1.165, 1.54) is 17.3 Å². The van der Waals surface area contributed by atoms with Crippen LogP contribution in [0.25, 0.3) is 0 Å². The van der Waals surface area contributed by atoms with E-state index in [4.69, 9.17) is 11.5 Å². The number of thioether (sulfide) groups is 1. The Kier molecular flexibility index (Phi) is 3.05. The lowest BCUT2D eigenvalue weighted by molar-refractivity contribution is -0.130. The van der Waals surface area contributed by atoms with E-state index in [1.807, 2.05) is 19.1 Å². The number of carbonyl (C=O) groups excluding carboxylic acids is 1. The molecular weight excluding hydrogens is 270 g/mol. The van der Waals surface area contributed by atoms with Crippen molar-refractivity contribution in [2.45, 2.75) is 31.7 Å². The Morgan fingerprint density at radius 2 is 2.15 bits per heavy atom. The minimum Gasteiger partial charge on any atom is -0.379 e. The van der Waals surface area contributed by atoms with E-state index in [-0.39, 0.29) is 5.91 Å². The molecule has 2 aliphatic rings. The van der Waals surface area contributed by atoms with Crippen molar-refractivity contribution in [3.63, 3.8) is 0 Å². The van der Waals surface area contributed by atoms with E-state index in [1.54, 1.807) is 0 Å². The number of hydrogen-bond acceptors (Lipinski definition) is 4. The summed E-state index contributed by atoms with van der Waals surface area (Å²) in [5.74, 6) is 0.350. The Bertz CT molecular complexity index is 601. The van der Waals surface area contributed by atoms with Gasteiger partial charge in [0.05, 0.1) is 5.41 Å². The van der Waals surface area contributed by atoms with Crippen LogP contribution in [0.5, 0.6) is 0 Å². The number of amidine groups is 1. The van der Waals surface area contributed by atoms with Gasteiger partial charge in [-0.25, -0.2) is 0 Å². The van der Waals surface area contributed by atoms with Crippen molar-refractivity contribution in [1.82, 2.24) is 0 Å². The topological polar surface area (TPSA) is 81.5 Å². The highest BCUT2D eigenvalue weighted by Gasteiger charge is 2.57. The molecule has 4 nitrogen and oxygen atoms in total. The molecule has 0 saturated carbocycles. The summed E-state index contributed by atoms with van der Waals surface area (Å²) in [5, 5.41) is 0.543. The van der Waals surface area contributed by atoms with Crippen molar-refractivity contribution in [3.05, 3.63) is 35.4 Å². The molecule has 3 rings (SSSR count). The van der Waals surface area contributed by atoms with Gasteiger partial charge in [0.2, 0.25) is 5.91 Å². The Morgan fingerprint density at radius 1 is 1.40 bits per heavy atom. The Hall–Kier alpha value is -1.49. The molecule has 1 amide bonds. The van der Waals surface area contributed by atoms with Crippen molar-refractivity contribution in [2.75, 3.05) is 5.75 Å². The number of rotatable bonds is 1. The number of primary amides is 1. The van der Waals surface area contributed by atoms with Gasteiger partial charge in [0.1, 0.15) is 5.54 Å². The third kappa shape index (κ3) is 1.69. The van der Waals surface area contributed by atoms with Gasteiger partial charge in [-0.3, -0.25) is 9.79 Å². The van der Waals surface area contributed by atoms with Crippen molar-refractivity contribution in [3.8, 4) is 0 Å². The van der Waals surface area contributed by atoms with Crippen LogP contribution in [0.15, 0.2) is 29.3 Å². The predicted molar refractivity (Wildman–Crippen MR) is 82.4 cm³/mol. The minimum atomic E-state index is -0.652. The zero-order valence-electron chi connectivity index (χ0n) is 11.6. The van der Waals surface area contributed by atoms with Crippen LogP contribution >= 0.6 is 11.8 Å². The molecule has 0 unspecified atom stereocenters. The fourth-order valence-corrected chi connectivity index (χ4v) is 4.77. The number of nitrogens with zero attached hydrogens (tertiary/aromatic N) is 1. The number of benzene rings is 1. The van der Waals surface area contributed by atoms with Gasteiger partial charge in [0, 0.05) is 5.75 Å². The average Bonchev–Trinajstić information content (AvgIpc) is 2.53. The maximum atomic E-state index is 12.3. The van der Waals surface area contributed by atoms with Gasteiger partial charge in [0.25, 0.3) is 0 Å². The Morgan fingerprint density at radius 3 is 2.90 bits per heavy atom. The first-order valence-corrected chi connectivity index (χ1v) is 7.85. The molecule has 0 fully saturated rings. The molecule has 1 aliphatic carbocycles. The molecule has 2 atom stereocenters. The molecule has 0 radical (unpaired) electrons. The van der Waals surface area contributed by atoms with Gasteiger partial charge in [-0.15, -0.1) is 0 Å². The first kappa shape index (κ1) is 13.5. The summed E-state index contributed by atoms with van der Waals surface area (Å²) in [5.41, 5.74) is 12.8. The highest BCUT2D eigenvalue weighted by molar-refractivity contribution is 8.13. The number of aryl methyl sites for hydroxylation is 1. The molecule has 1 aromatic carbocycles. The van der Waals surface area contributed by atoms with Gasteiger partial charge in [-0.05, 0) is 37.3 Å². The SMILES string of the molecule is C[C@@]12N=C(N)SC[C@@]1(C(N)=O)CCCc1ccccc12. The molecule has 0 spiro atoms. The zero-order valence-corrected chi connectivity index (χ0v) is 12.4. The minimum absolute atomic E-state index is 0.263. The first-order valence-electron chi connectivity index (χ1n) is 6.86. The van der Waals surface area contributed by atoms with Gasteiger partial charge < -0.3 is 11.5 Å². The van der Waals surface area contributed by atoms with Crippen LogP contribution in [0.1, 0.15) is 30.9 Å². The quantitative estimate of drug-likeness (QED) is 0.826. The highest BCUT2D eigenvalue weighted by atomic mass is 32.2. The third-order valence-corrected chi connectivity index (χ3v) is 5.82. The van der Waals surface area contributed by atoms with Crippen molar-refractivity contribution in [1.29, 1.82) is 0 Å². The largest absolute Gasteiger partial charge is 0.379 e. The summed E-state index contributed by atoms with van der Waals surface area (Å²) < 4.78 is 0. The molecule has 0 saturated heterocycles. The first-order chi connectivity index (χ1) is 9.49. The zero-order chi connectivity index (χ0) is 14.4. The molecule has 0 aromatic heterocycles. The van der Waals surface area contributed by atoms with Crippen LogP contribution in [0.2, 0.25) is 0 Å².